The molecule has 2 aliphatic rings. The monoisotopic (exact) mass is 439 g/mol. The molecule has 0 bridgehead atoms. The Bertz CT molecular complexity index is 1010. The Labute approximate surface area is 187 Å². The number of anilines is 1. The van der Waals surface area contributed by atoms with Crippen LogP contribution >= 0.6 is 11.6 Å². The minimum absolute atomic E-state index is 0.305. The van der Waals surface area contributed by atoms with Crippen molar-refractivity contribution in [2.75, 3.05) is 44.2 Å². The number of rotatable bonds is 6. The summed E-state index contributed by atoms with van der Waals surface area (Å²) in [5.41, 5.74) is 2.08. The lowest BCUT2D eigenvalue weighted by atomic mass is 10.0. The largest absolute Gasteiger partial charge is 0.494 e. The average molecular weight is 440 g/mol. The van der Waals surface area contributed by atoms with E-state index in [9.17, 15) is 9.59 Å². The van der Waals surface area contributed by atoms with Crippen molar-refractivity contribution < 1.29 is 14.3 Å². The first-order valence-corrected chi connectivity index (χ1v) is 11.0. The molecule has 7 heteroatoms. The zero-order valence-corrected chi connectivity index (χ0v) is 18.6. The van der Waals surface area contributed by atoms with Crippen LogP contribution in [0.4, 0.5) is 5.69 Å². The first-order valence-electron chi connectivity index (χ1n) is 10.6. The summed E-state index contributed by atoms with van der Waals surface area (Å²) in [5, 5.41) is 0.478. The molecular formula is C24H26ClN3O3. The number of nitrogens with zero attached hydrogens (tertiary/aromatic N) is 3. The van der Waals surface area contributed by atoms with E-state index in [4.69, 9.17) is 16.3 Å². The van der Waals surface area contributed by atoms with E-state index in [2.05, 4.69) is 11.8 Å². The van der Waals surface area contributed by atoms with Gasteiger partial charge in [0.2, 0.25) is 0 Å². The van der Waals surface area contributed by atoms with Crippen molar-refractivity contribution in [3.05, 3.63) is 64.8 Å². The zero-order valence-electron chi connectivity index (χ0n) is 17.8. The van der Waals surface area contributed by atoms with Crippen LogP contribution in [0.15, 0.2) is 54.2 Å². The number of imide groups is 1. The lowest BCUT2D eigenvalue weighted by Crippen LogP contribution is -2.47. The van der Waals surface area contributed by atoms with Crippen molar-refractivity contribution in [1.82, 2.24) is 9.80 Å². The highest BCUT2D eigenvalue weighted by Crippen LogP contribution is 2.36. The SMILES string of the molecule is CCOc1ccc(C2=C(N3CCN(CC)CC3)C(=O)N(c3cccc(Cl)c3)C2=O)cc1. The number of ether oxygens (including phenoxy) is 1. The number of carbonyl (C=O) groups excluding carboxylic acids is 2. The van der Waals surface area contributed by atoms with Crippen molar-refractivity contribution in [3.8, 4) is 5.75 Å². The number of likely N-dealkylation sites (N-methyl/N-ethyl adjacent to an activating group) is 1. The lowest BCUT2D eigenvalue weighted by molar-refractivity contribution is -0.120. The Morgan fingerprint density at radius 2 is 1.65 bits per heavy atom. The molecule has 0 aromatic heterocycles. The van der Waals surface area contributed by atoms with E-state index in [1.54, 1.807) is 24.3 Å². The van der Waals surface area contributed by atoms with Crippen LogP contribution in [0.2, 0.25) is 5.02 Å². The van der Waals surface area contributed by atoms with Gasteiger partial charge in [0.25, 0.3) is 11.8 Å². The molecule has 6 nitrogen and oxygen atoms in total. The third kappa shape index (κ3) is 4.18. The van der Waals surface area contributed by atoms with Crippen LogP contribution in [-0.2, 0) is 9.59 Å². The summed E-state index contributed by atoms with van der Waals surface area (Å²) in [7, 11) is 0. The van der Waals surface area contributed by atoms with Crippen molar-refractivity contribution in [3.63, 3.8) is 0 Å². The van der Waals surface area contributed by atoms with E-state index in [1.807, 2.05) is 36.1 Å². The van der Waals surface area contributed by atoms with Crippen LogP contribution in [0.1, 0.15) is 19.4 Å². The van der Waals surface area contributed by atoms with Gasteiger partial charge >= 0.3 is 0 Å². The molecule has 2 amide bonds. The van der Waals surface area contributed by atoms with Gasteiger partial charge in [-0.3, -0.25) is 9.59 Å². The van der Waals surface area contributed by atoms with Gasteiger partial charge in [0, 0.05) is 31.2 Å². The first kappa shape index (κ1) is 21.4. The van der Waals surface area contributed by atoms with Gasteiger partial charge in [-0.1, -0.05) is 36.7 Å². The van der Waals surface area contributed by atoms with Gasteiger partial charge in [0.15, 0.2) is 0 Å². The molecule has 4 rings (SSSR count). The average Bonchev–Trinajstić information content (AvgIpc) is 3.04. The maximum absolute atomic E-state index is 13.6. The number of benzene rings is 2. The fourth-order valence-corrected chi connectivity index (χ4v) is 4.28. The number of hydrogen-bond donors (Lipinski definition) is 0. The van der Waals surface area contributed by atoms with Gasteiger partial charge in [-0.15, -0.1) is 0 Å². The van der Waals surface area contributed by atoms with Crippen LogP contribution in [0.5, 0.6) is 5.75 Å². The normalized spacial score (nSPS) is 17.6. The smallest absolute Gasteiger partial charge is 0.282 e. The van der Waals surface area contributed by atoms with Crippen LogP contribution in [0, 0.1) is 0 Å². The summed E-state index contributed by atoms with van der Waals surface area (Å²) >= 11 is 6.14. The molecule has 1 fully saturated rings. The Morgan fingerprint density at radius 1 is 0.935 bits per heavy atom. The maximum Gasteiger partial charge on any atom is 0.282 e. The van der Waals surface area contributed by atoms with Crippen molar-refractivity contribution >= 4 is 34.7 Å². The number of amides is 2. The number of halogens is 1. The molecule has 2 aromatic rings. The highest BCUT2D eigenvalue weighted by atomic mass is 35.5. The molecule has 0 N–H and O–H groups in total. The highest BCUT2D eigenvalue weighted by molar-refractivity contribution is 6.45. The lowest BCUT2D eigenvalue weighted by Gasteiger charge is -2.36. The predicted molar refractivity (Wildman–Crippen MR) is 122 cm³/mol. The standard InChI is InChI=1S/C24H26ClN3O3/c1-3-26-12-14-27(15-13-26)22-21(17-8-10-20(11-9-17)31-4-2)23(29)28(24(22)30)19-7-5-6-18(25)16-19/h5-11,16H,3-4,12-15H2,1-2H3. The molecule has 0 unspecified atom stereocenters. The van der Waals surface area contributed by atoms with Gasteiger partial charge in [-0.2, -0.15) is 0 Å². The van der Waals surface area contributed by atoms with Crippen molar-refractivity contribution in [2.24, 2.45) is 0 Å². The van der Waals surface area contributed by atoms with Gasteiger partial charge < -0.3 is 14.5 Å². The summed E-state index contributed by atoms with van der Waals surface area (Å²) in [6, 6.07) is 14.2. The fourth-order valence-electron chi connectivity index (χ4n) is 4.09. The van der Waals surface area contributed by atoms with E-state index < -0.39 is 0 Å². The highest BCUT2D eigenvalue weighted by Gasteiger charge is 2.43. The molecule has 0 saturated carbocycles. The number of carbonyl (C=O) groups is 2. The molecule has 2 aromatic carbocycles. The third-order valence-corrected chi connectivity index (χ3v) is 5.95. The molecule has 0 atom stereocenters. The zero-order chi connectivity index (χ0) is 22.0. The van der Waals surface area contributed by atoms with Crippen LogP contribution in [-0.4, -0.2) is 60.9 Å². The van der Waals surface area contributed by atoms with Crippen molar-refractivity contribution in [1.29, 1.82) is 0 Å². The number of hydrogen-bond acceptors (Lipinski definition) is 5. The summed E-state index contributed by atoms with van der Waals surface area (Å²) in [6.45, 7) is 8.70. The predicted octanol–water partition coefficient (Wildman–Crippen LogP) is 3.66. The second-order valence-electron chi connectivity index (χ2n) is 7.53. The fraction of sp³-hybridized carbons (Fsp3) is 0.333. The van der Waals surface area contributed by atoms with E-state index >= 15 is 0 Å². The molecule has 1 saturated heterocycles. The second-order valence-corrected chi connectivity index (χ2v) is 7.96. The molecule has 0 radical (unpaired) electrons. The Morgan fingerprint density at radius 3 is 2.26 bits per heavy atom. The van der Waals surface area contributed by atoms with Gasteiger partial charge in [-0.05, 0) is 49.4 Å². The minimum atomic E-state index is -0.329. The summed E-state index contributed by atoms with van der Waals surface area (Å²) < 4.78 is 5.53. The van der Waals surface area contributed by atoms with Gasteiger partial charge in [0.1, 0.15) is 11.4 Å². The Balaban J connectivity index is 1.75. The second kappa shape index (κ2) is 9.12. The van der Waals surface area contributed by atoms with E-state index in [1.165, 1.54) is 4.90 Å². The van der Waals surface area contributed by atoms with Crippen LogP contribution < -0.4 is 9.64 Å². The molecular weight excluding hydrogens is 414 g/mol. The Kier molecular flexibility index (Phi) is 6.30. The third-order valence-electron chi connectivity index (χ3n) is 5.72. The quantitative estimate of drug-likeness (QED) is 0.643. The first-order chi connectivity index (χ1) is 15.0. The molecule has 2 heterocycles. The summed E-state index contributed by atoms with van der Waals surface area (Å²) in [4.78, 5) is 32.7. The number of piperazine rings is 1. The molecule has 0 aliphatic carbocycles. The van der Waals surface area contributed by atoms with Crippen molar-refractivity contribution in [2.45, 2.75) is 13.8 Å². The molecule has 0 spiro atoms. The summed E-state index contributed by atoms with van der Waals surface area (Å²) in [5.74, 6) is 0.0962. The maximum atomic E-state index is 13.6. The van der Waals surface area contributed by atoms with Crippen LogP contribution in [0.25, 0.3) is 5.57 Å². The van der Waals surface area contributed by atoms with E-state index in [0.29, 0.717) is 47.2 Å². The van der Waals surface area contributed by atoms with Gasteiger partial charge in [-0.25, -0.2) is 4.90 Å². The Hall–Kier alpha value is -2.83. The molecule has 162 valence electrons. The molecule has 31 heavy (non-hydrogen) atoms. The van der Waals surface area contributed by atoms with E-state index in [0.717, 1.165) is 25.4 Å². The van der Waals surface area contributed by atoms with E-state index in [-0.39, 0.29) is 11.8 Å². The van der Waals surface area contributed by atoms with Crippen LogP contribution in [0.3, 0.4) is 0 Å². The minimum Gasteiger partial charge on any atom is -0.494 e. The summed E-state index contributed by atoms with van der Waals surface area (Å²) in [6.07, 6.45) is 0. The topological polar surface area (TPSA) is 53.1 Å². The van der Waals surface area contributed by atoms with Gasteiger partial charge in [0.05, 0.1) is 17.9 Å². The molecule has 2 aliphatic heterocycles.